The average molecular weight is 421 g/mol. The molecule has 3 saturated heterocycles. The SMILES string of the molecule is O=C(O)N1CCC2(CC1)CC(CCN1CCN(c3cccc(Cl)c3)CC1)NC2=O. The van der Waals surface area contributed by atoms with Crippen LogP contribution in [0.5, 0.6) is 0 Å². The Morgan fingerprint density at radius 2 is 1.90 bits per heavy atom. The average Bonchev–Trinajstić information content (AvgIpc) is 3.02. The quantitative estimate of drug-likeness (QED) is 0.782. The zero-order valence-corrected chi connectivity index (χ0v) is 17.4. The molecule has 4 rings (SSSR count). The maximum absolute atomic E-state index is 12.6. The largest absolute Gasteiger partial charge is 0.465 e. The lowest BCUT2D eigenvalue weighted by atomic mass is 9.76. The predicted octanol–water partition coefficient (Wildman–Crippen LogP) is 2.50. The number of piperazine rings is 1. The van der Waals surface area contributed by atoms with E-state index in [9.17, 15) is 9.59 Å². The minimum absolute atomic E-state index is 0.123. The number of benzene rings is 1. The van der Waals surface area contributed by atoms with E-state index >= 15 is 0 Å². The predicted molar refractivity (Wildman–Crippen MR) is 113 cm³/mol. The van der Waals surface area contributed by atoms with Crippen molar-refractivity contribution in [3.8, 4) is 0 Å². The number of likely N-dealkylation sites (tertiary alicyclic amines) is 1. The Bertz CT molecular complexity index is 758. The van der Waals surface area contributed by atoms with Gasteiger partial charge in [-0.15, -0.1) is 0 Å². The van der Waals surface area contributed by atoms with E-state index in [-0.39, 0.29) is 17.4 Å². The summed E-state index contributed by atoms with van der Waals surface area (Å²) in [6, 6.07) is 8.20. The maximum Gasteiger partial charge on any atom is 0.407 e. The summed E-state index contributed by atoms with van der Waals surface area (Å²) >= 11 is 6.11. The number of nitrogens with one attached hydrogen (secondary N) is 1. The second-order valence-corrected chi connectivity index (χ2v) is 8.96. The van der Waals surface area contributed by atoms with Gasteiger partial charge in [-0.3, -0.25) is 9.69 Å². The number of carbonyl (C=O) groups is 2. The highest BCUT2D eigenvalue weighted by atomic mass is 35.5. The number of amides is 2. The normalized spacial score (nSPS) is 24.7. The van der Waals surface area contributed by atoms with Crippen LogP contribution in [0.2, 0.25) is 5.02 Å². The first kappa shape index (κ1) is 20.3. The van der Waals surface area contributed by atoms with Crippen molar-refractivity contribution in [1.29, 1.82) is 0 Å². The number of carbonyl (C=O) groups excluding carboxylic acids is 1. The smallest absolute Gasteiger partial charge is 0.407 e. The van der Waals surface area contributed by atoms with Gasteiger partial charge in [0.1, 0.15) is 0 Å². The molecule has 3 aliphatic heterocycles. The van der Waals surface area contributed by atoms with Crippen molar-refractivity contribution >= 4 is 29.3 Å². The Balaban J connectivity index is 1.23. The standard InChI is InChI=1S/C21H29ClN4O3/c22-16-2-1-3-18(14-16)25-12-10-24(11-13-25)7-4-17-15-21(19(27)23-17)5-8-26(9-6-21)20(28)29/h1-3,14,17H,4-13,15H2,(H,23,27)(H,28,29). The lowest BCUT2D eigenvalue weighted by Crippen LogP contribution is -2.47. The van der Waals surface area contributed by atoms with E-state index in [1.807, 2.05) is 18.2 Å². The van der Waals surface area contributed by atoms with Gasteiger partial charge < -0.3 is 20.2 Å². The highest BCUT2D eigenvalue weighted by Gasteiger charge is 2.48. The molecule has 1 unspecified atom stereocenters. The molecule has 1 spiro atoms. The van der Waals surface area contributed by atoms with E-state index in [0.717, 1.165) is 50.6 Å². The van der Waals surface area contributed by atoms with Crippen molar-refractivity contribution < 1.29 is 14.7 Å². The number of hydrogen-bond acceptors (Lipinski definition) is 4. The molecule has 1 atom stereocenters. The summed E-state index contributed by atoms with van der Waals surface area (Å²) in [4.78, 5) is 30.0. The second-order valence-electron chi connectivity index (χ2n) is 8.52. The Labute approximate surface area is 176 Å². The highest BCUT2D eigenvalue weighted by molar-refractivity contribution is 6.30. The lowest BCUT2D eigenvalue weighted by molar-refractivity contribution is -0.129. The molecular weight excluding hydrogens is 392 g/mol. The van der Waals surface area contributed by atoms with Crippen molar-refractivity contribution in [2.75, 3.05) is 50.7 Å². The Morgan fingerprint density at radius 3 is 2.55 bits per heavy atom. The van der Waals surface area contributed by atoms with Crippen LogP contribution in [0, 0.1) is 5.41 Å². The van der Waals surface area contributed by atoms with Crippen molar-refractivity contribution in [3.63, 3.8) is 0 Å². The maximum atomic E-state index is 12.6. The van der Waals surface area contributed by atoms with Crippen LogP contribution in [-0.4, -0.2) is 78.8 Å². The minimum Gasteiger partial charge on any atom is -0.465 e. The topological polar surface area (TPSA) is 76.1 Å². The van der Waals surface area contributed by atoms with Crippen molar-refractivity contribution in [3.05, 3.63) is 29.3 Å². The summed E-state index contributed by atoms with van der Waals surface area (Å²) < 4.78 is 0. The molecule has 1 aromatic rings. The van der Waals surface area contributed by atoms with Crippen LogP contribution in [0.3, 0.4) is 0 Å². The summed E-state index contributed by atoms with van der Waals surface area (Å²) in [5, 5.41) is 13.1. The number of halogens is 1. The Morgan fingerprint density at radius 1 is 1.17 bits per heavy atom. The fourth-order valence-electron chi connectivity index (χ4n) is 4.93. The van der Waals surface area contributed by atoms with Gasteiger partial charge >= 0.3 is 6.09 Å². The zero-order valence-electron chi connectivity index (χ0n) is 16.6. The van der Waals surface area contributed by atoms with E-state index in [4.69, 9.17) is 16.7 Å². The number of carboxylic acid groups (broad SMARTS) is 1. The first-order valence-electron chi connectivity index (χ1n) is 10.5. The third-order valence-corrected chi connectivity index (χ3v) is 7.02. The fourth-order valence-corrected chi connectivity index (χ4v) is 5.11. The molecule has 0 bridgehead atoms. The number of hydrogen-bond donors (Lipinski definition) is 2. The molecule has 7 nitrogen and oxygen atoms in total. The number of nitrogens with zero attached hydrogens (tertiary/aromatic N) is 3. The van der Waals surface area contributed by atoms with Gasteiger partial charge in [0.25, 0.3) is 0 Å². The third-order valence-electron chi connectivity index (χ3n) is 6.78. The Kier molecular flexibility index (Phi) is 5.88. The molecule has 0 radical (unpaired) electrons. The van der Waals surface area contributed by atoms with Crippen LogP contribution in [0.15, 0.2) is 24.3 Å². The van der Waals surface area contributed by atoms with Gasteiger partial charge in [-0.2, -0.15) is 0 Å². The van der Waals surface area contributed by atoms with Gasteiger partial charge in [0.05, 0.1) is 5.41 Å². The van der Waals surface area contributed by atoms with Crippen molar-refractivity contribution in [2.45, 2.75) is 31.7 Å². The van der Waals surface area contributed by atoms with E-state index < -0.39 is 6.09 Å². The fraction of sp³-hybridized carbons (Fsp3) is 0.619. The first-order chi connectivity index (χ1) is 13.9. The van der Waals surface area contributed by atoms with Crippen LogP contribution in [0.4, 0.5) is 10.5 Å². The third kappa shape index (κ3) is 4.46. The number of anilines is 1. The Hall–Kier alpha value is -1.99. The molecule has 2 amide bonds. The molecule has 2 N–H and O–H groups in total. The molecule has 0 saturated carbocycles. The monoisotopic (exact) mass is 420 g/mol. The highest BCUT2D eigenvalue weighted by Crippen LogP contribution is 2.41. The molecule has 29 heavy (non-hydrogen) atoms. The van der Waals surface area contributed by atoms with Crippen LogP contribution < -0.4 is 10.2 Å². The van der Waals surface area contributed by atoms with Gasteiger partial charge in [-0.05, 0) is 43.9 Å². The summed E-state index contributed by atoms with van der Waals surface area (Å²) in [6.45, 7) is 5.87. The first-order valence-corrected chi connectivity index (χ1v) is 10.8. The molecule has 158 valence electrons. The van der Waals surface area contributed by atoms with E-state index in [1.165, 1.54) is 10.6 Å². The van der Waals surface area contributed by atoms with Crippen LogP contribution in [0.25, 0.3) is 0 Å². The van der Waals surface area contributed by atoms with Crippen LogP contribution in [0.1, 0.15) is 25.7 Å². The molecular formula is C21H29ClN4O3. The summed E-state index contributed by atoms with van der Waals surface area (Å²) in [5.74, 6) is 0.123. The summed E-state index contributed by atoms with van der Waals surface area (Å²) in [7, 11) is 0. The summed E-state index contributed by atoms with van der Waals surface area (Å²) in [5.41, 5.74) is 0.817. The minimum atomic E-state index is -0.883. The van der Waals surface area contributed by atoms with E-state index in [0.29, 0.717) is 25.9 Å². The number of rotatable bonds is 4. The van der Waals surface area contributed by atoms with Gasteiger partial charge in [0.15, 0.2) is 0 Å². The van der Waals surface area contributed by atoms with Crippen molar-refractivity contribution in [2.24, 2.45) is 5.41 Å². The summed E-state index contributed by atoms with van der Waals surface area (Å²) in [6.07, 6.45) is 2.18. The van der Waals surface area contributed by atoms with Gasteiger partial charge in [0, 0.05) is 62.6 Å². The molecule has 8 heteroatoms. The molecule has 0 aliphatic carbocycles. The zero-order chi connectivity index (χ0) is 20.4. The number of piperidine rings is 1. The van der Waals surface area contributed by atoms with Gasteiger partial charge in [0.2, 0.25) is 5.91 Å². The molecule has 0 aromatic heterocycles. The van der Waals surface area contributed by atoms with Gasteiger partial charge in [-0.25, -0.2) is 4.79 Å². The molecule has 1 aromatic carbocycles. The van der Waals surface area contributed by atoms with Crippen LogP contribution in [-0.2, 0) is 4.79 Å². The van der Waals surface area contributed by atoms with Crippen LogP contribution >= 0.6 is 11.6 Å². The lowest BCUT2D eigenvalue weighted by Gasteiger charge is -2.37. The van der Waals surface area contributed by atoms with Gasteiger partial charge in [-0.1, -0.05) is 17.7 Å². The molecule has 3 heterocycles. The molecule has 3 aliphatic rings. The second kappa shape index (κ2) is 8.40. The molecule has 3 fully saturated rings. The van der Waals surface area contributed by atoms with E-state index in [1.54, 1.807) is 0 Å². The van der Waals surface area contributed by atoms with Crippen molar-refractivity contribution in [1.82, 2.24) is 15.1 Å². The van der Waals surface area contributed by atoms with E-state index in [2.05, 4.69) is 21.2 Å².